The summed E-state index contributed by atoms with van der Waals surface area (Å²) >= 11 is 3.36. The van der Waals surface area contributed by atoms with Crippen LogP contribution < -0.4 is 5.73 Å². The van der Waals surface area contributed by atoms with Gasteiger partial charge in [-0.3, -0.25) is 4.79 Å². The highest BCUT2D eigenvalue weighted by atomic mass is 79.9. The van der Waals surface area contributed by atoms with Crippen LogP contribution in [0.3, 0.4) is 0 Å². The Morgan fingerprint density at radius 2 is 2.00 bits per heavy atom. The molecule has 0 saturated heterocycles. The Hall–Kier alpha value is -0.870. The van der Waals surface area contributed by atoms with Gasteiger partial charge < -0.3 is 10.5 Å². The SMILES string of the molecule is CCOC(=O)C(C)(N)Cc1ccc(Br)cc1. The smallest absolute Gasteiger partial charge is 0.326 e. The lowest BCUT2D eigenvalue weighted by molar-refractivity contribution is -0.148. The van der Waals surface area contributed by atoms with Crippen molar-refractivity contribution in [2.75, 3.05) is 6.61 Å². The molecule has 0 fully saturated rings. The van der Waals surface area contributed by atoms with Crippen molar-refractivity contribution in [3.05, 3.63) is 34.3 Å². The summed E-state index contributed by atoms with van der Waals surface area (Å²) in [6.07, 6.45) is 0.471. The Morgan fingerprint density at radius 3 is 2.50 bits per heavy atom. The summed E-state index contributed by atoms with van der Waals surface area (Å²) in [5, 5.41) is 0. The van der Waals surface area contributed by atoms with E-state index >= 15 is 0 Å². The van der Waals surface area contributed by atoms with Crippen LogP contribution >= 0.6 is 15.9 Å². The molecule has 4 heteroatoms. The molecule has 0 aliphatic carbocycles. The Morgan fingerprint density at radius 1 is 1.44 bits per heavy atom. The third-order valence-corrected chi connectivity index (χ3v) is 2.76. The van der Waals surface area contributed by atoms with Crippen LogP contribution in [-0.2, 0) is 16.0 Å². The van der Waals surface area contributed by atoms with Crippen molar-refractivity contribution >= 4 is 21.9 Å². The van der Waals surface area contributed by atoms with Crippen molar-refractivity contribution in [2.24, 2.45) is 5.73 Å². The van der Waals surface area contributed by atoms with Gasteiger partial charge in [-0.2, -0.15) is 0 Å². The second-order valence-electron chi connectivity index (χ2n) is 3.94. The molecule has 0 aliphatic rings. The third-order valence-electron chi connectivity index (χ3n) is 2.23. The quantitative estimate of drug-likeness (QED) is 0.864. The molecule has 2 N–H and O–H groups in total. The van der Waals surface area contributed by atoms with Crippen LogP contribution in [0, 0.1) is 0 Å². The van der Waals surface area contributed by atoms with Crippen LogP contribution in [0.4, 0.5) is 0 Å². The van der Waals surface area contributed by atoms with Crippen LogP contribution in [-0.4, -0.2) is 18.1 Å². The molecule has 0 bridgehead atoms. The van der Waals surface area contributed by atoms with Crippen LogP contribution in [0.2, 0.25) is 0 Å². The summed E-state index contributed by atoms with van der Waals surface area (Å²) in [7, 11) is 0. The molecule has 1 aromatic carbocycles. The van der Waals surface area contributed by atoms with E-state index in [-0.39, 0.29) is 5.97 Å². The fourth-order valence-electron chi connectivity index (χ4n) is 1.39. The summed E-state index contributed by atoms with van der Waals surface area (Å²) in [6, 6.07) is 7.73. The van der Waals surface area contributed by atoms with Crippen molar-refractivity contribution in [3.63, 3.8) is 0 Å². The second kappa shape index (κ2) is 5.46. The molecule has 1 rings (SSSR count). The van der Waals surface area contributed by atoms with E-state index in [1.165, 1.54) is 0 Å². The molecule has 0 spiro atoms. The predicted octanol–water partition coefficient (Wildman–Crippen LogP) is 2.27. The maximum Gasteiger partial charge on any atom is 0.326 e. The highest BCUT2D eigenvalue weighted by molar-refractivity contribution is 9.10. The van der Waals surface area contributed by atoms with Gasteiger partial charge in [0, 0.05) is 10.9 Å². The summed E-state index contributed by atoms with van der Waals surface area (Å²) in [5.41, 5.74) is 5.98. The van der Waals surface area contributed by atoms with E-state index in [0.717, 1.165) is 10.0 Å². The van der Waals surface area contributed by atoms with E-state index in [9.17, 15) is 4.79 Å². The molecule has 0 saturated carbocycles. The third kappa shape index (κ3) is 3.61. The Balaban J connectivity index is 2.72. The van der Waals surface area contributed by atoms with Gasteiger partial charge in [0.1, 0.15) is 5.54 Å². The predicted molar refractivity (Wildman–Crippen MR) is 67.1 cm³/mol. The molecule has 1 unspecified atom stereocenters. The molecule has 88 valence electrons. The molecule has 3 nitrogen and oxygen atoms in total. The van der Waals surface area contributed by atoms with E-state index in [2.05, 4.69) is 15.9 Å². The molecule has 0 aliphatic heterocycles. The first-order chi connectivity index (χ1) is 7.45. The lowest BCUT2D eigenvalue weighted by Gasteiger charge is -2.22. The van der Waals surface area contributed by atoms with Gasteiger partial charge in [-0.05, 0) is 31.5 Å². The minimum atomic E-state index is -0.968. The molecule has 16 heavy (non-hydrogen) atoms. The topological polar surface area (TPSA) is 52.3 Å². The lowest BCUT2D eigenvalue weighted by Crippen LogP contribution is -2.48. The van der Waals surface area contributed by atoms with Crippen molar-refractivity contribution in [2.45, 2.75) is 25.8 Å². The maximum absolute atomic E-state index is 11.6. The average molecular weight is 286 g/mol. The summed E-state index contributed by atoms with van der Waals surface area (Å²) < 4.78 is 5.94. The monoisotopic (exact) mass is 285 g/mol. The number of nitrogens with two attached hydrogens (primary N) is 1. The fourth-order valence-corrected chi connectivity index (χ4v) is 1.66. The number of hydrogen-bond donors (Lipinski definition) is 1. The minimum Gasteiger partial charge on any atom is -0.465 e. The lowest BCUT2D eigenvalue weighted by atomic mass is 9.94. The van der Waals surface area contributed by atoms with Gasteiger partial charge in [0.05, 0.1) is 6.61 Å². The number of hydrogen-bond acceptors (Lipinski definition) is 3. The first-order valence-electron chi connectivity index (χ1n) is 5.16. The normalized spacial score (nSPS) is 14.2. The minimum absolute atomic E-state index is 0.353. The fraction of sp³-hybridized carbons (Fsp3) is 0.417. The summed E-state index contributed by atoms with van der Waals surface area (Å²) in [4.78, 5) is 11.6. The standard InChI is InChI=1S/C12H16BrNO2/c1-3-16-11(15)12(2,14)8-9-4-6-10(13)7-5-9/h4-7H,3,8,14H2,1-2H3. The first-order valence-corrected chi connectivity index (χ1v) is 5.95. The Kier molecular flexibility index (Phi) is 4.50. The molecule has 1 atom stereocenters. The Labute approximate surface area is 104 Å². The van der Waals surface area contributed by atoms with E-state index in [0.29, 0.717) is 13.0 Å². The maximum atomic E-state index is 11.6. The molecule has 0 amide bonds. The molecule has 0 heterocycles. The van der Waals surface area contributed by atoms with Crippen molar-refractivity contribution in [3.8, 4) is 0 Å². The molecule has 1 aromatic rings. The molecule has 0 radical (unpaired) electrons. The van der Waals surface area contributed by atoms with Crippen molar-refractivity contribution in [1.82, 2.24) is 0 Å². The van der Waals surface area contributed by atoms with Crippen LogP contribution in [0.15, 0.2) is 28.7 Å². The van der Waals surface area contributed by atoms with Gasteiger partial charge >= 0.3 is 5.97 Å². The van der Waals surface area contributed by atoms with Crippen LogP contribution in [0.5, 0.6) is 0 Å². The summed E-state index contributed by atoms with van der Waals surface area (Å²) in [6.45, 7) is 3.81. The first kappa shape index (κ1) is 13.2. The number of carbonyl (C=O) groups is 1. The average Bonchev–Trinajstić information content (AvgIpc) is 2.21. The van der Waals surface area contributed by atoms with E-state index < -0.39 is 5.54 Å². The molecule has 0 aromatic heterocycles. The van der Waals surface area contributed by atoms with Gasteiger partial charge in [-0.25, -0.2) is 0 Å². The zero-order chi connectivity index (χ0) is 12.2. The van der Waals surface area contributed by atoms with Crippen molar-refractivity contribution < 1.29 is 9.53 Å². The number of carbonyl (C=O) groups excluding carboxylic acids is 1. The number of halogens is 1. The van der Waals surface area contributed by atoms with E-state index in [1.54, 1.807) is 13.8 Å². The van der Waals surface area contributed by atoms with Gasteiger partial charge in [0.2, 0.25) is 0 Å². The highest BCUT2D eigenvalue weighted by Gasteiger charge is 2.29. The second-order valence-corrected chi connectivity index (χ2v) is 4.86. The highest BCUT2D eigenvalue weighted by Crippen LogP contribution is 2.16. The van der Waals surface area contributed by atoms with E-state index in [1.807, 2.05) is 24.3 Å². The largest absolute Gasteiger partial charge is 0.465 e. The number of benzene rings is 1. The molecular weight excluding hydrogens is 270 g/mol. The molecular formula is C12H16BrNO2. The Bertz CT molecular complexity index is 360. The van der Waals surface area contributed by atoms with Gasteiger partial charge in [-0.15, -0.1) is 0 Å². The number of ether oxygens (including phenoxy) is 1. The van der Waals surface area contributed by atoms with E-state index in [4.69, 9.17) is 10.5 Å². The van der Waals surface area contributed by atoms with Gasteiger partial charge in [0.15, 0.2) is 0 Å². The number of rotatable bonds is 4. The van der Waals surface area contributed by atoms with Crippen LogP contribution in [0.1, 0.15) is 19.4 Å². The zero-order valence-corrected chi connectivity index (χ0v) is 11.1. The zero-order valence-electron chi connectivity index (χ0n) is 9.50. The van der Waals surface area contributed by atoms with Gasteiger partial charge in [-0.1, -0.05) is 28.1 Å². The summed E-state index contributed by atoms with van der Waals surface area (Å²) in [5.74, 6) is -0.363. The van der Waals surface area contributed by atoms with Gasteiger partial charge in [0.25, 0.3) is 0 Å². The van der Waals surface area contributed by atoms with Crippen LogP contribution in [0.25, 0.3) is 0 Å². The van der Waals surface area contributed by atoms with Crippen molar-refractivity contribution in [1.29, 1.82) is 0 Å². The number of esters is 1.